The van der Waals surface area contributed by atoms with Crippen LogP contribution in [0.15, 0.2) is 201 Å². The normalized spacial score (nSPS) is 12.3. The first-order chi connectivity index (χ1) is 30.2. The number of rotatable bonds is 4. The Kier molecular flexibility index (Phi) is 6.46. The minimum absolute atomic E-state index is 0.604. The van der Waals surface area contributed by atoms with Gasteiger partial charge >= 0.3 is 0 Å². The Labute approximate surface area is 346 Å². The van der Waals surface area contributed by atoms with Gasteiger partial charge in [0.1, 0.15) is 27.8 Å². The standard InChI is InChI=1S/C55H31N3O3/c1-2-11-32(12-3-1)55-56-45-31-48-42(30-53(45)61-55)41-27-33(21-24-47(41)57(48)34-22-25-51-43(28-34)38-14-5-8-19-49(38)59-51)36-16-10-17-40-37-13-4-7-18-46(37)58(54(36)40)35-23-26-52-44(29-35)39-15-6-9-20-50(39)60-52/h1-31H. The lowest BCUT2D eigenvalue weighted by atomic mass is 9.99. The van der Waals surface area contributed by atoms with E-state index in [9.17, 15) is 0 Å². The molecule has 0 aliphatic heterocycles. The van der Waals surface area contributed by atoms with E-state index in [1.165, 1.54) is 10.8 Å². The molecule has 0 spiro atoms. The Balaban J connectivity index is 1.04. The van der Waals surface area contributed by atoms with Gasteiger partial charge in [0, 0.05) is 65.6 Å². The zero-order chi connectivity index (χ0) is 39.8. The van der Waals surface area contributed by atoms with Crippen LogP contribution >= 0.6 is 0 Å². The van der Waals surface area contributed by atoms with Crippen LogP contribution in [-0.4, -0.2) is 14.1 Å². The van der Waals surface area contributed by atoms with E-state index in [1.807, 2.05) is 54.6 Å². The summed E-state index contributed by atoms with van der Waals surface area (Å²) >= 11 is 0. The number of para-hydroxylation sites is 4. The summed E-state index contributed by atoms with van der Waals surface area (Å²) in [4.78, 5) is 5.01. The summed E-state index contributed by atoms with van der Waals surface area (Å²) < 4.78 is 23.8. The van der Waals surface area contributed by atoms with Gasteiger partial charge in [-0.1, -0.05) is 97.1 Å². The number of hydrogen-bond acceptors (Lipinski definition) is 4. The van der Waals surface area contributed by atoms with E-state index in [4.69, 9.17) is 18.2 Å². The van der Waals surface area contributed by atoms with Gasteiger partial charge in [0.05, 0.1) is 22.1 Å². The molecule has 0 aliphatic carbocycles. The van der Waals surface area contributed by atoms with E-state index in [2.05, 4.69) is 143 Å². The van der Waals surface area contributed by atoms with Crippen LogP contribution in [0, 0.1) is 0 Å². The minimum Gasteiger partial charge on any atom is -0.456 e. The number of nitrogens with zero attached hydrogens (tertiary/aromatic N) is 3. The van der Waals surface area contributed by atoms with Gasteiger partial charge in [0.25, 0.3) is 0 Å². The number of oxazole rings is 1. The topological polar surface area (TPSA) is 62.2 Å². The maximum Gasteiger partial charge on any atom is 0.227 e. The number of benzene rings is 9. The summed E-state index contributed by atoms with van der Waals surface area (Å²) in [5.74, 6) is 0.604. The van der Waals surface area contributed by atoms with E-state index in [-0.39, 0.29) is 0 Å². The van der Waals surface area contributed by atoms with Crippen LogP contribution in [0.25, 0.3) is 133 Å². The van der Waals surface area contributed by atoms with E-state index < -0.39 is 0 Å². The van der Waals surface area contributed by atoms with Crippen LogP contribution < -0.4 is 0 Å². The Hall–Kier alpha value is -8.35. The van der Waals surface area contributed by atoms with Crippen LogP contribution in [0.5, 0.6) is 0 Å². The van der Waals surface area contributed by atoms with Gasteiger partial charge < -0.3 is 22.4 Å². The number of fused-ring (bicyclic) bond motifs is 13. The molecule has 284 valence electrons. The molecule has 6 heteroatoms. The quantitative estimate of drug-likeness (QED) is 0.178. The predicted octanol–water partition coefficient (Wildman–Crippen LogP) is 15.2. The van der Waals surface area contributed by atoms with Crippen LogP contribution in [0.4, 0.5) is 0 Å². The Morgan fingerprint density at radius 3 is 1.69 bits per heavy atom. The van der Waals surface area contributed by atoms with Crippen LogP contribution in [-0.2, 0) is 0 Å². The molecule has 0 fully saturated rings. The summed E-state index contributed by atoms with van der Waals surface area (Å²) in [5, 5.41) is 8.99. The third kappa shape index (κ3) is 4.64. The highest BCUT2D eigenvalue weighted by Crippen LogP contribution is 2.43. The Bertz CT molecular complexity index is 4120. The molecule has 0 bridgehead atoms. The van der Waals surface area contributed by atoms with E-state index in [1.54, 1.807) is 0 Å². The second-order valence-electron chi connectivity index (χ2n) is 15.9. The molecular formula is C55H31N3O3. The summed E-state index contributed by atoms with van der Waals surface area (Å²) in [6.07, 6.45) is 0. The maximum absolute atomic E-state index is 6.50. The Morgan fingerprint density at radius 1 is 0.328 bits per heavy atom. The zero-order valence-corrected chi connectivity index (χ0v) is 32.5. The van der Waals surface area contributed by atoms with Crippen LogP contribution in [0.3, 0.4) is 0 Å². The molecule has 0 amide bonds. The number of aromatic nitrogens is 3. The first kappa shape index (κ1) is 32.6. The molecule has 61 heavy (non-hydrogen) atoms. The fraction of sp³-hybridized carbons (Fsp3) is 0. The lowest BCUT2D eigenvalue weighted by Crippen LogP contribution is -1.96. The van der Waals surface area contributed by atoms with Crippen LogP contribution in [0.2, 0.25) is 0 Å². The summed E-state index contributed by atoms with van der Waals surface area (Å²) in [5.41, 5.74) is 14.8. The predicted molar refractivity (Wildman–Crippen MR) is 248 cm³/mol. The molecule has 6 nitrogen and oxygen atoms in total. The first-order valence-electron chi connectivity index (χ1n) is 20.5. The third-order valence-electron chi connectivity index (χ3n) is 12.5. The highest BCUT2D eigenvalue weighted by molar-refractivity contribution is 6.17. The number of furan rings is 2. The molecule has 0 atom stereocenters. The van der Waals surface area contributed by atoms with Gasteiger partial charge in [-0.2, -0.15) is 0 Å². The molecule has 5 aromatic heterocycles. The highest BCUT2D eigenvalue weighted by Gasteiger charge is 2.22. The molecule has 14 rings (SSSR count). The van der Waals surface area contributed by atoms with Gasteiger partial charge in [0.2, 0.25) is 5.89 Å². The van der Waals surface area contributed by atoms with Gasteiger partial charge in [-0.05, 0) is 96.6 Å². The van der Waals surface area contributed by atoms with Crippen molar-refractivity contribution in [1.82, 2.24) is 14.1 Å². The molecule has 0 unspecified atom stereocenters. The van der Waals surface area contributed by atoms with Crippen molar-refractivity contribution >= 4 is 98.6 Å². The highest BCUT2D eigenvalue weighted by atomic mass is 16.3. The van der Waals surface area contributed by atoms with Crippen molar-refractivity contribution in [2.75, 3.05) is 0 Å². The van der Waals surface area contributed by atoms with E-state index in [0.717, 1.165) is 116 Å². The summed E-state index contributed by atoms with van der Waals surface area (Å²) in [7, 11) is 0. The average Bonchev–Trinajstić information content (AvgIpc) is 4.13. The maximum atomic E-state index is 6.50. The molecule has 0 saturated carbocycles. The fourth-order valence-electron chi connectivity index (χ4n) is 9.82. The molecule has 14 aromatic rings. The largest absolute Gasteiger partial charge is 0.456 e. The van der Waals surface area contributed by atoms with Crippen LogP contribution in [0.1, 0.15) is 0 Å². The third-order valence-corrected chi connectivity index (χ3v) is 12.5. The molecule has 0 aliphatic rings. The lowest BCUT2D eigenvalue weighted by molar-refractivity contribution is 0.620. The molecule has 0 saturated heterocycles. The van der Waals surface area contributed by atoms with Crippen molar-refractivity contribution in [2.24, 2.45) is 0 Å². The molecule has 0 radical (unpaired) electrons. The summed E-state index contributed by atoms with van der Waals surface area (Å²) in [6, 6.07) is 66.2. The van der Waals surface area contributed by atoms with Crippen molar-refractivity contribution in [3.63, 3.8) is 0 Å². The summed E-state index contributed by atoms with van der Waals surface area (Å²) in [6.45, 7) is 0. The van der Waals surface area contributed by atoms with Gasteiger partial charge in [-0.25, -0.2) is 4.98 Å². The molecule has 9 aromatic carbocycles. The van der Waals surface area contributed by atoms with Gasteiger partial charge in [-0.3, -0.25) is 0 Å². The lowest BCUT2D eigenvalue weighted by Gasteiger charge is -2.13. The van der Waals surface area contributed by atoms with Crippen molar-refractivity contribution in [2.45, 2.75) is 0 Å². The second-order valence-corrected chi connectivity index (χ2v) is 15.9. The smallest absolute Gasteiger partial charge is 0.227 e. The minimum atomic E-state index is 0.604. The van der Waals surface area contributed by atoms with Gasteiger partial charge in [-0.15, -0.1) is 0 Å². The molecule has 0 N–H and O–H groups in total. The second kappa shape index (κ2) is 12.1. The average molecular weight is 782 g/mol. The monoisotopic (exact) mass is 781 g/mol. The zero-order valence-electron chi connectivity index (χ0n) is 32.5. The van der Waals surface area contributed by atoms with Crippen molar-refractivity contribution in [1.29, 1.82) is 0 Å². The first-order valence-corrected chi connectivity index (χ1v) is 20.5. The SMILES string of the molecule is c1ccc(-c2nc3cc4c(cc3o2)c2cc(-c3cccc5c6ccccc6n(-c6ccc7oc8ccccc8c7c6)c35)ccc2n4-c2ccc3oc4ccccc4c3c2)cc1. The fourth-order valence-corrected chi connectivity index (χ4v) is 9.82. The Morgan fingerprint density at radius 2 is 0.934 bits per heavy atom. The van der Waals surface area contributed by atoms with Crippen molar-refractivity contribution in [3.8, 4) is 34.0 Å². The number of hydrogen-bond donors (Lipinski definition) is 0. The van der Waals surface area contributed by atoms with E-state index in [0.29, 0.717) is 5.89 Å². The van der Waals surface area contributed by atoms with Crippen molar-refractivity contribution < 1.29 is 13.3 Å². The van der Waals surface area contributed by atoms with Gasteiger partial charge in [0.15, 0.2) is 5.58 Å². The van der Waals surface area contributed by atoms with Crippen molar-refractivity contribution in [3.05, 3.63) is 188 Å². The molecular weight excluding hydrogens is 751 g/mol. The molecule has 5 heterocycles. The van der Waals surface area contributed by atoms with E-state index >= 15 is 0 Å².